The molecule has 15 heteroatoms. The molecule has 6 nitrogen and oxygen atoms in total. The normalized spacial score (nSPS) is 13.0. The van der Waals surface area contributed by atoms with E-state index in [0.29, 0.717) is 23.1 Å². The van der Waals surface area contributed by atoms with Crippen molar-refractivity contribution >= 4 is 64.8 Å². The summed E-state index contributed by atoms with van der Waals surface area (Å²) in [7, 11) is 5.00. The number of aromatic nitrogens is 4. The van der Waals surface area contributed by atoms with Gasteiger partial charge in [0, 0.05) is 59.4 Å². The average molecular weight is 870 g/mol. The van der Waals surface area contributed by atoms with Crippen LogP contribution in [-0.2, 0) is 25.9 Å². The molecule has 0 unspecified atom stereocenters. The van der Waals surface area contributed by atoms with Crippen molar-refractivity contribution in [2.24, 2.45) is 0 Å². The van der Waals surface area contributed by atoms with E-state index in [1.54, 1.807) is 6.07 Å². The van der Waals surface area contributed by atoms with Crippen LogP contribution >= 0.6 is 43.5 Å². The monoisotopic (exact) mass is 867 g/mol. The van der Waals surface area contributed by atoms with E-state index in [1.807, 2.05) is 44.2 Å². The zero-order valence-electron chi connectivity index (χ0n) is 28.2. The zero-order valence-corrected chi connectivity index (χ0v) is 32.2. The third-order valence-electron chi connectivity index (χ3n) is 8.63. The number of nitrogens with zero attached hydrogens (tertiary/aromatic N) is 3. The van der Waals surface area contributed by atoms with Crippen molar-refractivity contribution in [3.05, 3.63) is 144 Å². The molecule has 2 radical (unpaired) electrons. The molecule has 0 amide bonds. The summed E-state index contributed by atoms with van der Waals surface area (Å²) < 4.78 is 57.3. The van der Waals surface area contributed by atoms with Crippen LogP contribution in [0.15, 0.2) is 81.7 Å². The molecule has 2 aliphatic rings. The lowest BCUT2D eigenvalue weighted by atomic mass is 9.81. The number of halogens is 7. The fourth-order valence-electron chi connectivity index (χ4n) is 5.99. The number of rotatable bonds is 3. The number of hydrogen-bond donors (Lipinski definition) is 3. The van der Waals surface area contributed by atoms with Gasteiger partial charge in [-0.25, -0.2) is 27.5 Å². The maximum atomic E-state index is 14.0. The van der Waals surface area contributed by atoms with Crippen LogP contribution in [-0.4, -0.2) is 48.5 Å². The van der Waals surface area contributed by atoms with Gasteiger partial charge in [-0.05, 0) is 117 Å². The molecule has 4 aromatic heterocycles. The molecule has 0 fully saturated rings. The molecule has 274 valence electrons. The highest BCUT2D eigenvalue weighted by atomic mass is 79.9. The maximum Gasteiger partial charge on any atom is 0.135 e. The Morgan fingerprint density at radius 2 is 1.23 bits per heavy atom. The molecule has 2 aliphatic heterocycles. The molecule has 0 spiro atoms. The fraction of sp³-hybridized carbons (Fsp3) is 0.211. The van der Waals surface area contributed by atoms with Crippen LogP contribution in [0.4, 0.5) is 23.4 Å². The molecular weight excluding hydrogens is 833 g/mol. The molecule has 53 heavy (non-hydrogen) atoms. The summed E-state index contributed by atoms with van der Waals surface area (Å²) in [4.78, 5) is 17.1. The van der Waals surface area contributed by atoms with Gasteiger partial charge >= 0.3 is 0 Å². The van der Waals surface area contributed by atoms with E-state index in [9.17, 15) is 17.6 Å². The van der Waals surface area contributed by atoms with E-state index in [0.717, 1.165) is 81.1 Å². The van der Waals surface area contributed by atoms with Gasteiger partial charge in [0.2, 0.25) is 0 Å². The first-order chi connectivity index (χ1) is 25.5. The SMILES string of the molecule is Cc1nc(Cl)ccc1Br.Cc1nc(N2CCc3[nH]c(-c4c(F)cccc4F)cc3C2)ccc1Br.Fc1cccc(F)c1-c1cc2c([nH]1)CCNC2.[B][BH3-]. The molecule has 3 N–H and O–H groups in total. The van der Waals surface area contributed by atoms with Crippen molar-refractivity contribution in [2.75, 3.05) is 18.0 Å². The lowest BCUT2D eigenvalue weighted by molar-refractivity contribution is 0.588. The first-order valence-corrected chi connectivity index (χ1v) is 18.1. The van der Waals surface area contributed by atoms with Crippen LogP contribution in [0.1, 0.15) is 33.9 Å². The summed E-state index contributed by atoms with van der Waals surface area (Å²) in [5.41, 5.74) is 7.14. The number of nitrogens with one attached hydrogen (secondary N) is 3. The van der Waals surface area contributed by atoms with E-state index in [2.05, 4.69) is 62.0 Å². The average Bonchev–Trinajstić information content (AvgIpc) is 3.76. The summed E-state index contributed by atoms with van der Waals surface area (Å²) >= 11 is 12.4. The summed E-state index contributed by atoms with van der Waals surface area (Å²) in [6, 6.07) is 19.1. The number of benzene rings is 2. The highest BCUT2D eigenvalue weighted by Gasteiger charge is 2.23. The van der Waals surface area contributed by atoms with Crippen LogP contribution in [0.3, 0.4) is 0 Å². The van der Waals surface area contributed by atoms with Crippen molar-refractivity contribution in [1.82, 2.24) is 25.3 Å². The zero-order chi connectivity index (χ0) is 38.2. The lowest BCUT2D eigenvalue weighted by Crippen LogP contribution is -2.30. The van der Waals surface area contributed by atoms with E-state index < -0.39 is 23.3 Å². The van der Waals surface area contributed by atoms with E-state index in [-0.39, 0.29) is 18.9 Å². The summed E-state index contributed by atoms with van der Waals surface area (Å²) in [6.07, 6.45) is 1.65. The highest BCUT2D eigenvalue weighted by Crippen LogP contribution is 2.32. The van der Waals surface area contributed by atoms with Crippen molar-refractivity contribution in [3.8, 4) is 22.5 Å². The molecule has 0 aliphatic carbocycles. The van der Waals surface area contributed by atoms with E-state index >= 15 is 0 Å². The topological polar surface area (TPSA) is 72.6 Å². The van der Waals surface area contributed by atoms with Crippen LogP contribution in [0.2, 0.25) is 5.15 Å². The number of H-pyrrole nitrogens is 2. The van der Waals surface area contributed by atoms with E-state index in [4.69, 9.17) is 19.3 Å². The Bertz CT molecular complexity index is 2130. The fourth-order valence-corrected chi connectivity index (χ4v) is 6.62. The standard InChI is InChI=1S/C19H16BrF2N3.C13H12F2N2.C6H5BrClN.B2H3/c1-11-13(20)5-6-18(23-11)25-8-7-16-12(10-25)9-17(24-16)19-14(21)3-2-4-15(19)22;14-9-2-1-3-10(15)13(9)12-6-8-7-16-5-4-11(8)17-12;1-4-5(7)2-3-6(8)9-4;1-2/h2-6,9,24H,7-8,10H2,1H3;1-3,6,16-17H,4-5,7H2;2-3H,1H3;1H3/q;;;-1. The largest absolute Gasteiger partial charge is 0.358 e. The van der Waals surface area contributed by atoms with E-state index in [1.165, 1.54) is 36.4 Å². The highest BCUT2D eigenvalue weighted by molar-refractivity contribution is 9.10. The van der Waals surface area contributed by atoms with Crippen molar-refractivity contribution in [2.45, 2.75) is 39.8 Å². The summed E-state index contributed by atoms with van der Waals surface area (Å²) in [5, 5.41) is 3.77. The minimum atomic E-state index is -0.555. The predicted molar refractivity (Wildman–Crippen MR) is 217 cm³/mol. The predicted octanol–water partition coefficient (Wildman–Crippen LogP) is 8.84. The van der Waals surface area contributed by atoms with Gasteiger partial charge in [0.1, 0.15) is 34.2 Å². The maximum absolute atomic E-state index is 14.0. The second-order valence-electron chi connectivity index (χ2n) is 12.1. The minimum Gasteiger partial charge on any atom is -0.358 e. The van der Waals surface area contributed by atoms with Crippen molar-refractivity contribution in [1.29, 1.82) is 0 Å². The number of hydrogen-bond acceptors (Lipinski definition) is 4. The number of aromatic amines is 2. The van der Waals surface area contributed by atoms with Gasteiger partial charge in [-0.3, -0.25) is 0 Å². The smallest absolute Gasteiger partial charge is 0.135 e. The molecule has 6 heterocycles. The molecular formula is C38H36B2Br2ClF4N6-. The Hall–Kier alpha value is -3.84. The Morgan fingerprint density at radius 3 is 1.74 bits per heavy atom. The molecule has 0 bridgehead atoms. The van der Waals surface area contributed by atoms with Gasteiger partial charge < -0.3 is 20.2 Å². The number of fused-ring (bicyclic) bond motifs is 2. The quantitative estimate of drug-likeness (QED) is 0.0946. The molecule has 2 aromatic carbocycles. The van der Waals surface area contributed by atoms with Gasteiger partial charge in [-0.15, -0.1) is 0 Å². The second kappa shape index (κ2) is 18.5. The van der Waals surface area contributed by atoms with Gasteiger partial charge in [0.05, 0.1) is 33.9 Å². The Labute approximate surface area is 330 Å². The van der Waals surface area contributed by atoms with Crippen molar-refractivity contribution < 1.29 is 17.6 Å². The number of pyridine rings is 2. The van der Waals surface area contributed by atoms with Crippen LogP contribution < -0.4 is 10.2 Å². The first kappa shape index (κ1) is 40.3. The van der Waals surface area contributed by atoms with Gasteiger partial charge in [-0.2, -0.15) is 7.74 Å². The van der Waals surface area contributed by atoms with Crippen LogP contribution in [0, 0.1) is 37.1 Å². The van der Waals surface area contributed by atoms with Crippen LogP contribution in [0.5, 0.6) is 0 Å². The summed E-state index contributed by atoms with van der Waals surface area (Å²) in [5.74, 6) is -1.26. The Balaban J connectivity index is 0.000000166. The third kappa shape index (κ3) is 9.83. The molecule has 0 saturated heterocycles. The van der Waals surface area contributed by atoms with Crippen molar-refractivity contribution in [3.63, 3.8) is 0 Å². The summed E-state index contributed by atoms with van der Waals surface area (Å²) in [6.45, 7) is 6.97. The number of aryl methyl sites for hydroxylation is 2. The van der Waals surface area contributed by atoms with Gasteiger partial charge in [0.25, 0.3) is 0 Å². The molecule has 0 saturated carbocycles. The van der Waals surface area contributed by atoms with Crippen LogP contribution in [0.25, 0.3) is 22.5 Å². The lowest BCUT2D eigenvalue weighted by Gasteiger charge is -2.28. The molecule has 6 aromatic rings. The first-order valence-electron chi connectivity index (χ1n) is 16.2. The second-order valence-corrected chi connectivity index (χ2v) is 14.2. The molecule has 0 atom stereocenters. The Kier molecular flexibility index (Phi) is 14.1. The minimum absolute atomic E-state index is 0.000983. The number of anilines is 1. The van der Waals surface area contributed by atoms with Gasteiger partial charge in [0.15, 0.2) is 0 Å². The molecule has 8 rings (SSSR count). The third-order valence-corrected chi connectivity index (χ3v) is 10.5. The van der Waals surface area contributed by atoms with Gasteiger partial charge in [-0.1, -0.05) is 31.5 Å². The Morgan fingerprint density at radius 1 is 0.717 bits per heavy atom.